The summed E-state index contributed by atoms with van der Waals surface area (Å²) >= 11 is 6.03. The number of carbonyl (C=O) groups is 1. The summed E-state index contributed by atoms with van der Waals surface area (Å²) in [6.07, 6.45) is 3.15. The highest BCUT2D eigenvalue weighted by Gasteiger charge is 2.26. The number of anilines is 1. The van der Waals surface area contributed by atoms with Crippen LogP contribution in [0.25, 0.3) is 0 Å². The molecule has 108 valence electrons. The van der Waals surface area contributed by atoms with E-state index >= 15 is 0 Å². The van der Waals surface area contributed by atoms with Crippen LogP contribution in [0, 0.1) is 0 Å². The van der Waals surface area contributed by atoms with Crippen LogP contribution in [-0.2, 0) is 6.42 Å². The van der Waals surface area contributed by atoms with E-state index in [1.807, 2.05) is 13.0 Å². The van der Waals surface area contributed by atoms with Gasteiger partial charge in [-0.15, -0.1) is 0 Å². The molecule has 1 saturated carbocycles. The second-order valence-corrected chi connectivity index (χ2v) is 5.58. The molecule has 2 aromatic rings. The third-order valence-electron chi connectivity index (χ3n) is 3.50. The molecule has 4 nitrogen and oxygen atoms in total. The van der Waals surface area contributed by atoms with E-state index in [9.17, 15) is 4.79 Å². The quantitative estimate of drug-likeness (QED) is 0.934. The first kappa shape index (κ1) is 14.0. The smallest absolute Gasteiger partial charge is 0.259 e. The highest BCUT2D eigenvalue weighted by Crippen LogP contribution is 2.39. The number of aryl methyl sites for hydroxylation is 1. The van der Waals surface area contributed by atoms with E-state index in [0.29, 0.717) is 22.5 Å². The molecule has 0 radical (unpaired) electrons. The van der Waals surface area contributed by atoms with E-state index in [1.54, 1.807) is 24.3 Å². The SMILES string of the molecule is CCc1cc(C2CC2)nc(NC(=O)c2ccccc2Cl)n1. The van der Waals surface area contributed by atoms with Gasteiger partial charge in [0, 0.05) is 17.3 Å². The summed E-state index contributed by atoms with van der Waals surface area (Å²) in [5.74, 6) is 0.603. The zero-order valence-corrected chi connectivity index (χ0v) is 12.5. The van der Waals surface area contributed by atoms with Crippen molar-refractivity contribution in [3.8, 4) is 0 Å². The predicted molar refractivity (Wildman–Crippen MR) is 82.8 cm³/mol. The third kappa shape index (κ3) is 3.22. The van der Waals surface area contributed by atoms with Gasteiger partial charge in [0.25, 0.3) is 5.91 Å². The molecule has 1 N–H and O–H groups in total. The number of amides is 1. The summed E-state index contributed by atoms with van der Waals surface area (Å²) in [6.45, 7) is 2.04. The van der Waals surface area contributed by atoms with Gasteiger partial charge in [-0.05, 0) is 37.5 Å². The van der Waals surface area contributed by atoms with Crippen LogP contribution in [0.15, 0.2) is 30.3 Å². The molecular weight excluding hydrogens is 286 g/mol. The van der Waals surface area contributed by atoms with Crippen molar-refractivity contribution in [3.63, 3.8) is 0 Å². The number of halogens is 1. The highest BCUT2D eigenvalue weighted by molar-refractivity contribution is 6.34. The minimum atomic E-state index is -0.282. The van der Waals surface area contributed by atoms with Gasteiger partial charge in [-0.1, -0.05) is 30.7 Å². The highest BCUT2D eigenvalue weighted by atomic mass is 35.5. The lowest BCUT2D eigenvalue weighted by Gasteiger charge is -2.08. The zero-order valence-electron chi connectivity index (χ0n) is 11.8. The number of nitrogens with one attached hydrogen (secondary N) is 1. The molecule has 0 spiro atoms. The Hall–Kier alpha value is -1.94. The van der Waals surface area contributed by atoms with E-state index < -0.39 is 0 Å². The van der Waals surface area contributed by atoms with Crippen molar-refractivity contribution in [2.75, 3.05) is 5.32 Å². The number of carbonyl (C=O) groups excluding carboxylic acids is 1. The average Bonchev–Trinajstić information content (AvgIpc) is 3.32. The number of nitrogens with zero attached hydrogens (tertiary/aromatic N) is 2. The monoisotopic (exact) mass is 301 g/mol. The maximum atomic E-state index is 12.3. The van der Waals surface area contributed by atoms with E-state index in [2.05, 4.69) is 15.3 Å². The van der Waals surface area contributed by atoms with Gasteiger partial charge in [0.1, 0.15) is 0 Å². The van der Waals surface area contributed by atoms with Gasteiger partial charge in [0.2, 0.25) is 5.95 Å². The van der Waals surface area contributed by atoms with Crippen LogP contribution in [0.2, 0.25) is 5.02 Å². The number of hydrogen-bond donors (Lipinski definition) is 1. The number of hydrogen-bond acceptors (Lipinski definition) is 3. The summed E-state index contributed by atoms with van der Waals surface area (Å²) < 4.78 is 0. The standard InChI is InChI=1S/C16H16ClN3O/c1-2-11-9-14(10-7-8-10)19-16(18-11)20-15(21)12-5-3-4-6-13(12)17/h3-6,9-10H,2,7-8H2,1H3,(H,18,19,20,21). The van der Waals surface area contributed by atoms with Crippen LogP contribution in [0.3, 0.4) is 0 Å². The molecule has 0 atom stereocenters. The Morgan fingerprint density at radius 1 is 1.33 bits per heavy atom. The summed E-state index contributed by atoms with van der Waals surface area (Å²) in [4.78, 5) is 21.1. The first-order valence-electron chi connectivity index (χ1n) is 7.11. The lowest BCUT2D eigenvalue weighted by Crippen LogP contribution is -2.16. The molecule has 5 heteroatoms. The van der Waals surface area contributed by atoms with Crippen LogP contribution >= 0.6 is 11.6 Å². The molecule has 21 heavy (non-hydrogen) atoms. The van der Waals surface area contributed by atoms with Gasteiger partial charge in [0.05, 0.1) is 10.6 Å². The van der Waals surface area contributed by atoms with Gasteiger partial charge in [-0.2, -0.15) is 0 Å². The lowest BCUT2D eigenvalue weighted by molar-refractivity contribution is 0.102. The van der Waals surface area contributed by atoms with E-state index in [-0.39, 0.29) is 5.91 Å². The van der Waals surface area contributed by atoms with Crippen LogP contribution in [-0.4, -0.2) is 15.9 Å². The van der Waals surface area contributed by atoms with Crippen molar-refractivity contribution in [3.05, 3.63) is 52.3 Å². The third-order valence-corrected chi connectivity index (χ3v) is 3.83. The van der Waals surface area contributed by atoms with E-state index in [1.165, 1.54) is 0 Å². The Morgan fingerprint density at radius 3 is 2.76 bits per heavy atom. The van der Waals surface area contributed by atoms with Crippen LogP contribution < -0.4 is 5.32 Å². The molecule has 3 rings (SSSR count). The molecule has 1 heterocycles. The van der Waals surface area contributed by atoms with Crippen molar-refractivity contribution >= 4 is 23.5 Å². The average molecular weight is 302 g/mol. The molecule has 0 saturated heterocycles. The topological polar surface area (TPSA) is 54.9 Å². The second kappa shape index (κ2) is 5.82. The van der Waals surface area contributed by atoms with Crippen LogP contribution in [0.1, 0.15) is 47.4 Å². The van der Waals surface area contributed by atoms with Gasteiger partial charge in [-0.3, -0.25) is 10.1 Å². The second-order valence-electron chi connectivity index (χ2n) is 5.17. The Kier molecular flexibility index (Phi) is 3.88. The number of benzene rings is 1. The minimum Gasteiger partial charge on any atom is -0.290 e. The fraction of sp³-hybridized carbons (Fsp3) is 0.312. The number of aromatic nitrogens is 2. The summed E-state index contributed by atoms with van der Waals surface area (Å²) in [6, 6.07) is 8.97. The van der Waals surface area contributed by atoms with Gasteiger partial charge in [-0.25, -0.2) is 9.97 Å². The first-order valence-corrected chi connectivity index (χ1v) is 7.49. The van der Waals surface area contributed by atoms with Crippen LogP contribution in [0.4, 0.5) is 5.95 Å². The molecule has 1 aromatic heterocycles. The van der Waals surface area contributed by atoms with Crippen molar-refractivity contribution in [2.45, 2.75) is 32.1 Å². The summed E-state index contributed by atoms with van der Waals surface area (Å²) in [5.41, 5.74) is 2.40. The lowest BCUT2D eigenvalue weighted by atomic mass is 10.2. The van der Waals surface area contributed by atoms with Gasteiger partial charge < -0.3 is 0 Å². The fourth-order valence-corrected chi connectivity index (χ4v) is 2.38. The van der Waals surface area contributed by atoms with E-state index in [0.717, 1.165) is 30.7 Å². The predicted octanol–water partition coefficient (Wildman–Crippen LogP) is 3.82. The molecule has 1 fully saturated rings. The van der Waals surface area contributed by atoms with Gasteiger partial charge >= 0.3 is 0 Å². The first-order chi connectivity index (χ1) is 10.2. The Balaban J connectivity index is 1.85. The molecule has 1 amide bonds. The molecule has 0 aliphatic heterocycles. The van der Waals surface area contributed by atoms with Crippen molar-refractivity contribution in [2.24, 2.45) is 0 Å². The van der Waals surface area contributed by atoms with Crippen molar-refractivity contribution in [1.29, 1.82) is 0 Å². The summed E-state index contributed by atoms with van der Waals surface area (Å²) in [5, 5.41) is 3.17. The molecule has 1 aromatic carbocycles. The molecular formula is C16H16ClN3O. The van der Waals surface area contributed by atoms with Crippen molar-refractivity contribution < 1.29 is 4.79 Å². The van der Waals surface area contributed by atoms with Crippen molar-refractivity contribution in [1.82, 2.24) is 9.97 Å². The largest absolute Gasteiger partial charge is 0.290 e. The zero-order chi connectivity index (χ0) is 14.8. The minimum absolute atomic E-state index is 0.282. The fourth-order valence-electron chi connectivity index (χ4n) is 2.16. The molecule has 1 aliphatic rings. The van der Waals surface area contributed by atoms with Crippen LogP contribution in [0.5, 0.6) is 0 Å². The Bertz CT molecular complexity index is 683. The number of rotatable bonds is 4. The Labute approximate surface area is 128 Å². The Morgan fingerprint density at radius 2 is 2.10 bits per heavy atom. The molecule has 0 unspecified atom stereocenters. The molecule has 0 bridgehead atoms. The maximum Gasteiger partial charge on any atom is 0.259 e. The summed E-state index contributed by atoms with van der Waals surface area (Å²) in [7, 11) is 0. The van der Waals surface area contributed by atoms with Gasteiger partial charge in [0.15, 0.2) is 0 Å². The normalized spacial score (nSPS) is 14.0. The molecule has 1 aliphatic carbocycles. The van der Waals surface area contributed by atoms with E-state index in [4.69, 9.17) is 11.6 Å². The maximum absolute atomic E-state index is 12.3.